The predicted octanol–water partition coefficient (Wildman–Crippen LogP) is 4.21. The van der Waals surface area contributed by atoms with Crippen molar-refractivity contribution in [3.05, 3.63) is 94.9 Å². The van der Waals surface area contributed by atoms with E-state index in [4.69, 9.17) is 5.73 Å². The molecule has 0 aliphatic heterocycles. The standard InChI is InChI=1S/C24H21F4N3O3/c25-19-8-5-16(6-9-19)20(15-1-3-17(4-2-15)22(29)32)11-12-30-23(33)18-7-10-21(31-13-18)34-14-24(26,27)28/h1-10,13,20H,11-12,14H2,(H2,29,32)(H,30,33). The maximum absolute atomic E-state index is 13.4. The minimum absolute atomic E-state index is 0.156. The molecule has 0 radical (unpaired) electrons. The number of halogens is 4. The molecule has 3 rings (SSSR count). The normalized spacial score (nSPS) is 12.1. The number of carbonyl (C=O) groups excluding carboxylic acids is 2. The van der Waals surface area contributed by atoms with Crippen LogP contribution in [0.5, 0.6) is 5.88 Å². The Morgan fingerprint density at radius 2 is 1.53 bits per heavy atom. The number of ether oxygens (including phenoxy) is 1. The highest BCUT2D eigenvalue weighted by Crippen LogP contribution is 2.28. The summed E-state index contributed by atoms with van der Waals surface area (Å²) in [4.78, 5) is 27.5. The number of primary amides is 1. The van der Waals surface area contributed by atoms with Crippen LogP contribution in [-0.4, -0.2) is 36.1 Å². The Morgan fingerprint density at radius 1 is 0.941 bits per heavy atom. The highest BCUT2D eigenvalue weighted by Gasteiger charge is 2.28. The van der Waals surface area contributed by atoms with Gasteiger partial charge >= 0.3 is 6.18 Å². The molecule has 0 saturated carbocycles. The lowest BCUT2D eigenvalue weighted by Crippen LogP contribution is -2.26. The fourth-order valence-corrected chi connectivity index (χ4v) is 3.29. The van der Waals surface area contributed by atoms with Crippen molar-refractivity contribution >= 4 is 11.8 Å². The van der Waals surface area contributed by atoms with E-state index in [1.165, 1.54) is 24.3 Å². The quantitative estimate of drug-likeness (QED) is 0.454. The molecule has 1 heterocycles. The average molecular weight is 475 g/mol. The van der Waals surface area contributed by atoms with Crippen molar-refractivity contribution in [1.29, 1.82) is 0 Å². The molecular formula is C24H21F4N3O3. The molecule has 0 bridgehead atoms. The Morgan fingerprint density at radius 3 is 2.06 bits per heavy atom. The Kier molecular flexibility index (Phi) is 7.83. The average Bonchev–Trinajstić information content (AvgIpc) is 2.81. The molecule has 0 fully saturated rings. The first-order chi connectivity index (χ1) is 16.1. The van der Waals surface area contributed by atoms with Gasteiger partial charge in [-0.05, 0) is 47.9 Å². The zero-order valence-electron chi connectivity index (χ0n) is 17.8. The SMILES string of the molecule is NC(=O)c1ccc(C(CCNC(=O)c2ccc(OCC(F)(F)F)nc2)c2ccc(F)cc2)cc1. The van der Waals surface area contributed by atoms with Gasteiger partial charge in [-0.15, -0.1) is 0 Å². The van der Waals surface area contributed by atoms with E-state index in [0.29, 0.717) is 12.0 Å². The van der Waals surface area contributed by atoms with Crippen LogP contribution in [0.1, 0.15) is 44.2 Å². The number of nitrogens with two attached hydrogens (primary N) is 1. The summed E-state index contributed by atoms with van der Waals surface area (Å²) in [5.41, 5.74) is 7.46. The fourth-order valence-electron chi connectivity index (χ4n) is 3.29. The first-order valence-corrected chi connectivity index (χ1v) is 10.2. The van der Waals surface area contributed by atoms with Gasteiger partial charge in [-0.2, -0.15) is 13.2 Å². The second-order valence-corrected chi connectivity index (χ2v) is 7.42. The molecule has 0 aliphatic rings. The molecule has 0 saturated heterocycles. The second-order valence-electron chi connectivity index (χ2n) is 7.42. The number of carbonyl (C=O) groups is 2. The summed E-state index contributed by atoms with van der Waals surface area (Å²) in [5.74, 6) is -1.85. The zero-order valence-corrected chi connectivity index (χ0v) is 17.8. The number of benzene rings is 2. The number of alkyl halides is 3. The zero-order chi connectivity index (χ0) is 24.7. The number of rotatable bonds is 9. The summed E-state index contributed by atoms with van der Waals surface area (Å²) in [6.45, 7) is -1.23. The van der Waals surface area contributed by atoms with Gasteiger partial charge in [-0.1, -0.05) is 24.3 Å². The minimum atomic E-state index is -4.49. The number of aromatic nitrogens is 1. The molecule has 1 aromatic heterocycles. The highest BCUT2D eigenvalue weighted by molar-refractivity contribution is 5.94. The van der Waals surface area contributed by atoms with Gasteiger partial charge in [0.25, 0.3) is 5.91 Å². The summed E-state index contributed by atoms with van der Waals surface area (Å²) >= 11 is 0. The predicted molar refractivity (Wildman–Crippen MR) is 116 cm³/mol. The smallest absolute Gasteiger partial charge is 0.422 e. The first-order valence-electron chi connectivity index (χ1n) is 10.2. The van der Waals surface area contributed by atoms with Crippen LogP contribution in [-0.2, 0) is 0 Å². The van der Waals surface area contributed by atoms with E-state index in [9.17, 15) is 27.2 Å². The fraction of sp³-hybridized carbons (Fsp3) is 0.208. The Hall–Kier alpha value is -3.95. The molecule has 3 aromatic rings. The van der Waals surface area contributed by atoms with Crippen LogP contribution in [0.4, 0.5) is 17.6 Å². The lowest BCUT2D eigenvalue weighted by molar-refractivity contribution is -0.154. The maximum atomic E-state index is 13.4. The van der Waals surface area contributed by atoms with Crippen LogP contribution < -0.4 is 15.8 Å². The van der Waals surface area contributed by atoms with E-state index in [1.54, 1.807) is 36.4 Å². The van der Waals surface area contributed by atoms with Crippen LogP contribution in [0.2, 0.25) is 0 Å². The Bertz CT molecular complexity index is 1120. The maximum Gasteiger partial charge on any atom is 0.422 e. The monoisotopic (exact) mass is 475 g/mol. The Labute approximate surface area is 192 Å². The topological polar surface area (TPSA) is 94.3 Å². The number of nitrogens with zero attached hydrogens (tertiary/aromatic N) is 1. The van der Waals surface area contributed by atoms with Crippen molar-refractivity contribution in [3.8, 4) is 5.88 Å². The van der Waals surface area contributed by atoms with Gasteiger partial charge < -0.3 is 15.8 Å². The minimum Gasteiger partial charge on any atom is -0.468 e. The van der Waals surface area contributed by atoms with Gasteiger partial charge in [-0.3, -0.25) is 9.59 Å². The number of hydrogen-bond donors (Lipinski definition) is 2. The van der Waals surface area contributed by atoms with E-state index in [0.717, 1.165) is 17.3 Å². The van der Waals surface area contributed by atoms with Gasteiger partial charge in [0, 0.05) is 30.3 Å². The van der Waals surface area contributed by atoms with Gasteiger partial charge in [0.05, 0.1) is 5.56 Å². The van der Waals surface area contributed by atoms with Crippen molar-refractivity contribution in [2.24, 2.45) is 5.73 Å². The molecule has 2 amide bonds. The summed E-state index contributed by atoms with van der Waals surface area (Å²) in [6, 6.07) is 15.2. The van der Waals surface area contributed by atoms with Crippen LogP contribution in [0.3, 0.4) is 0 Å². The Balaban J connectivity index is 1.65. The third kappa shape index (κ3) is 7.03. The third-order valence-corrected chi connectivity index (χ3v) is 4.97. The van der Waals surface area contributed by atoms with E-state index in [2.05, 4.69) is 15.0 Å². The summed E-state index contributed by atoms with van der Waals surface area (Å²) < 4.78 is 54.6. The number of hydrogen-bond acceptors (Lipinski definition) is 4. The number of nitrogens with one attached hydrogen (secondary N) is 1. The number of amides is 2. The molecule has 2 aromatic carbocycles. The molecule has 34 heavy (non-hydrogen) atoms. The summed E-state index contributed by atoms with van der Waals surface area (Å²) in [7, 11) is 0. The van der Waals surface area contributed by atoms with Gasteiger partial charge in [0.15, 0.2) is 6.61 Å². The molecule has 3 N–H and O–H groups in total. The van der Waals surface area contributed by atoms with E-state index >= 15 is 0 Å². The first kappa shape index (κ1) is 24.7. The molecule has 178 valence electrons. The van der Waals surface area contributed by atoms with Crippen molar-refractivity contribution < 1.29 is 31.9 Å². The third-order valence-electron chi connectivity index (χ3n) is 4.97. The van der Waals surface area contributed by atoms with Crippen LogP contribution in [0, 0.1) is 5.82 Å². The van der Waals surface area contributed by atoms with Gasteiger partial charge in [0.1, 0.15) is 5.82 Å². The van der Waals surface area contributed by atoms with E-state index in [1.807, 2.05) is 0 Å². The summed E-state index contributed by atoms with van der Waals surface area (Å²) in [6.07, 6.45) is -2.91. The lowest BCUT2D eigenvalue weighted by atomic mass is 9.88. The van der Waals surface area contributed by atoms with Crippen molar-refractivity contribution in [2.75, 3.05) is 13.2 Å². The molecule has 10 heteroatoms. The van der Waals surface area contributed by atoms with Crippen molar-refractivity contribution in [3.63, 3.8) is 0 Å². The molecule has 1 unspecified atom stereocenters. The second kappa shape index (κ2) is 10.8. The number of pyridine rings is 1. The largest absolute Gasteiger partial charge is 0.468 e. The van der Waals surface area contributed by atoms with Crippen LogP contribution in [0.15, 0.2) is 66.9 Å². The van der Waals surface area contributed by atoms with Crippen LogP contribution >= 0.6 is 0 Å². The van der Waals surface area contributed by atoms with E-state index < -0.39 is 24.6 Å². The van der Waals surface area contributed by atoms with E-state index in [-0.39, 0.29) is 29.7 Å². The summed E-state index contributed by atoms with van der Waals surface area (Å²) in [5, 5.41) is 2.74. The molecular weight excluding hydrogens is 454 g/mol. The lowest BCUT2D eigenvalue weighted by Gasteiger charge is -2.19. The van der Waals surface area contributed by atoms with Gasteiger partial charge in [0.2, 0.25) is 11.8 Å². The van der Waals surface area contributed by atoms with Crippen LogP contribution in [0.25, 0.3) is 0 Å². The molecule has 0 spiro atoms. The van der Waals surface area contributed by atoms with Gasteiger partial charge in [-0.25, -0.2) is 9.37 Å². The van der Waals surface area contributed by atoms with Crippen molar-refractivity contribution in [1.82, 2.24) is 10.3 Å². The molecule has 1 atom stereocenters. The highest BCUT2D eigenvalue weighted by atomic mass is 19.4. The molecule has 0 aliphatic carbocycles. The van der Waals surface area contributed by atoms with Crippen molar-refractivity contribution in [2.45, 2.75) is 18.5 Å². The molecule has 6 nitrogen and oxygen atoms in total.